The molecule has 0 spiro atoms. The smallest absolute Gasteiger partial charge is 0.283 e. The van der Waals surface area contributed by atoms with Gasteiger partial charge >= 0.3 is 0 Å². The highest BCUT2D eigenvalue weighted by molar-refractivity contribution is 5.73. The normalized spacial score (nSPS) is 25.6. The molecule has 1 aromatic rings. The van der Waals surface area contributed by atoms with Crippen molar-refractivity contribution in [3.8, 4) is 5.75 Å². The van der Waals surface area contributed by atoms with Gasteiger partial charge in [0.15, 0.2) is 0 Å². The zero-order valence-corrected chi connectivity index (χ0v) is 7.84. The largest absolute Gasteiger partial charge is 0.508 e. The van der Waals surface area contributed by atoms with Crippen LogP contribution in [0.4, 0.5) is 0 Å². The van der Waals surface area contributed by atoms with Crippen LogP contribution in [0.25, 0.3) is 0 Å². The Bertz CT molecular complexity index is 359. The van der Waals surface area contributed by atoms with E-state index in [-0.39, 0.29) is 23.9 Å². The SMILES string of the molecule is CC1N=C(N)OC1c1ccc(O)cc1. The van der Waals surface area contributed by atoms with Crippen LogP contribution in [0.15, 0.2) is 29.3 Å². The molecule has 2 unspecified atom stereocenters. The molecule has 2 atom stereocenters. The number of benzene rings is 1. The number of hydrogen-bond donors (Lipinski definition) is 2. The summed E-state index contributed by atoms with van der Waals surface area (Å²) in [5, 5.41) is 9.12. The van der Waals surface area contributed by atoms with Gasteiger partial charge in [-0.15, -0.1) is 0 Å². The lowest BCUT2D eigenvalue weighted by molar-refractivity contribution is 0.199. The Labute approximate surface area is 82.0 Å². The average Bonchev–Trinajstić information content (AvgIpc) is 2.47. The summed E-state index contributed by atoms with van der Waals surface area (Å²) in [6.07, 6.45) is -0.129. The number of hydrogen-bond acceptors (Lipinski definition) is 4. The van der Waals surface area contributed by atoms with Crippen LogP contribution < -0.4 is 5.73 Å². The summed E-state index contributed by atoms with van der Waals surface area (Å²) in [6.45, 7) is 1.94. The van der Waals surface area contributed by atoms with Crippen molar-refractivity contribution in [2.75, 3.05) is 0 Å². The summed E-state index contributed by atoms with van der Waals surface area (Å²) in [7, 11) is 0. The number of phenolic OH excluding ortho intramolecular Hbond substituents is 1. The number of rotatable bonds is 1. The molecule has 0 saturated heterocycles. The molecule has 0 aromatic heterocycles. The van der Waals surface area contributed by atoms with Crippen molar-refractivity contribution < 1.29 is 9.84 Å². The van der Waals surface area contributed by atoms with Gasteiger partial charge in [0.25, 0.3) is 6.02 Å². The van der Waals surface area contributed by atoms with Gasteiger partial charge in [0.05, 0.1) is 6.04 Å². The van der Waals surface area contributed by atoms with E-state index < -0.39 is 0 Å². The van der Waals surface area contributed by atoms with E-state index >= 15 is 0 Å². The van der Waals surface area contributed by atoms with E-state index in [2.05, 4.69) is 4.99 Å². The molecule has 2 rings (SSSR count). The maximum atomic E-state index is 9.12. The van der Waals surface area contributed by atoms with Gasteiger partial charge < -0.3 is 15.6 Å². The number of nitrogens with two attached hydrogens (primary N) is 1. The van der Waals surface area contributed by atoms with Gasteiger partial charge in [-0.3, -0.25) is 0 Å². The fraction of sp³-hybridized carbons (Fsp3) is 0.300. The molecule has 74 valence electrons. The third kappa shape index (κ3) is 1.51. The lowest BCUT2D eigenvalue weighted by Gasteiger charge is -2.13. The Balaban J connectivity index is 2.21. The number of aliphatic imine (C=N–C) groups is 1. The molecule has 1 heterocycles. The van der Waals surface area contributed by atoms with Crippen molar-refractivity contribution in [1.29, 1.82) is 0 Å². The first-order chi connectivity index (χ1) is 6.66. The number of ether oxygens (including phenoxy) is 1. The van der Waals surface area contributed by atoms with Gasteiger partial charge in [-0.2, -0.15) is 0 Å². The molecule has 0 fully saturated rings. The molecular weight excluding hydrogens is 180 g/mol. The molecule has 1 aromatic carbocycles. The highest BCUT2D eigenvalue weighted by Crippen LogP contribution is 2.28. The van der Waals surface area contributed by atoms with Gasteiger partial charge in [0.1, 0.15) is 11.9 Å². The van der Waals surface area contributed by atoms with Crippen LogP contribution in [0.2, 0.25) is 0 Å². The molecule has 0 aliphatic carbocycles. The average molecular weight is 192 g/mol. The molecule has 0 saturated carbocycles. The van der Waals surface area contributed by atoms with Crippen LogP contribution in [-0.2, 0) is 4.74 Å². The minimum Gasteiger partial charge on any atom is -0.508 e. The molecular formula is C10H12N2O2. The predicted octanol–water partition coefficient (Wildman–Crippen LogP) is 1.17. The summed E-state index contributed by atoms with van der Waals surface area (Å²) in [5.41, 5.74) is 6.43. The Morgan fingerprint density at radius 2 is 2.00 bits per heavy atom. The summed E-state index contributed by atoms with van der Waals surface area (Å²) >= 11 is 0. The highest BCUT2D eigenvalue weighted by atomic mass is 16.5. The van der Waals surface area contributed by atoms with E-state index in [0.717, 1.165) is 5.56 Å². The van der Waals surface area contributed by atoms with E-state index in [4.69, 9.17) is 15.6 Å². The number of phenols is 1. The second-order valence-electron chi connectivity index (χ2n) is 3.34. The van der Waals surface area contributed by atoms with Crippen molar-refractivity contribution in [1.82, 2.24) is 0 Å². The second-order valence-corrected chi connectivity index (χ2v) is 3.34. The molecule has 0 radical (unpaired) electrons. The molecule has 0 amide bonds. The molecule has 4 heteroatoms. The Hall–Kier alpha value is -1.71. The van der Waals surface area contributed by atoms with E-state index in [1.807, 2.05) is 19.1 Å². The van der Waals surface area contributed by atoms with Crippen molar-refractivity contribution in [3.63, 3.8) is 0 Å². The van der Waals surface area contributed by atoms with Crippen molar-refractivity contribution in [2.45, 2.75) is 19.1 Å². The van der Waals surface area contributed by atoms with E-state index in [9.17, 15) is 0 Å². The predicted molar refractivity (Wildman–Crippen MR) is 53.0 cm³/mol. The fourth-order valence-corrected chi connectivity index (χ4v) is 1.54. The first kappa shape index (κ1) is 8.87. The van der Waals surface area contributed by atoms with Crippen molar-refractivity contribution >= 4 is 6.02 Å². The molecule has 3 N–H and O–H groups in total. The summed E-state index contributed by atoms with van der Waals surface area (Å²) < 4.78 is 5.35. The van der Waals surface area contributed by atoms with Gasteiger partial charge in [-0.25, -0.2) is 4.99 Å². The zero-order chi connectivity index (χ0) is 10.1. The molecule has 0 bridgehead atoms. The van der Waals surface area contributed by atoms with E-state index in [0.29, 0.717) is 0 Å². The van der Waals surface area contributed by atoms with Crippen LogP contribution in [0.1, 0.15) is 18.6 Å². The standard InChI is InChI=1S/C10H12N2O2/c1-6-9(14-10(11)12-6)7-2-4-8(13)5-3-7/h2-6,9,13H,1H3,(H2,11,12). The summed E-state index contributed by atoms with van der Waals surface area (Å²) in [6, 6.07) is 7.13. The Kier molecular flexibility index (Phi) is 2.04. The van der Waals surface area contributed by atoms with E-state index in [1.165, 1.54) is 0 Å². The van der Waals surface area contributed by atoms with Crippen LogP contribution in [0, 0.1) is 0 Å². The monoisotopic (exact) mass is 192 g/mol. The maximum absolute atomic E-state index is 9.12. The third-order valence-corrected chi connectivity index (χ3v) is 2.24. The quantitative estimate of drug-likeness (QED) is 0.701. The number of amidine groups is 1. The zero-order valence-electron chi connectivity index (χ0n) is 7.84. The maximum Gasteiger partial charge on any atom is 0.283 e. The lowest BCUT2D eigenvalue weighted by atomic mass is 10.0. The van der Waals surface area contributed by atoms with Crippen molar-refractivity contribution in [3.05, 3.63) is 29.8 Å². The van der Waals surface area contributed by atoms with Crippen LogP contribution in [-0.4, -0.2) is 17.2 Å². The Morgan fingerprint density at radius 3 is 2.50 bits per heavy atom. The number of aromatic hydroxyl groups is 1. The van der Waals surface area contributed by atoms with E-state index in [1.54, 1.807) is 12.1 Å². The number of nitrogens with zero attached hydrogens (tertiary/aromatic N) is 1. The first-order valence-corrected chi connectivity index (χ1v) is 4.45. The van der Waals surface area contributed by atoms with Crippen LogP contribution in [0.5, 0.6) is 5.75 Å². The topological polar surface area (TPSA) is 67.8 Å². The lowest BCUT2D eigenvalue weighted by Crippen LogP contribution is -2.14. The molecule has 1 aliphatic heterocycles. The molecule has 14 heavy (non-hydrogen) atoms. The van der Waals surface area contributed by atoms with Crippen LogP contribution in [0.3, 0.4) is 0 Å². The summed E-state index contributed by atoms with van der Waals surface area (Å²) in [5.74, 6) is 0.244. The third-order valence-electron chi connectivity index (χ3n) is 2.24. The fourth-order valence-electron chi connectivity index (χ4n) is 1.54. The molecule has 4 nitrogen and oxygen atoms in total. The van der Waals surface area contributed by atoms with Crippen LogP contribution >= 0.6 is 0 Å². The van der Waals surface area contributed by atoms with Crippen molar-refractivity contribution in [2.24, 2.45) is 10.7 Å². The van der Waals surface area contributed by atoms with Gasteiger partial charge in [-0.05, 0) is 24.6 Å². The van der Waals surface area contributed by atoms with Gasteiger partial charge in [-0.1, -0.05) is 12.1 Å². The Morgan fingerprint density at radius 1 is 1.36 bits per heavy atom. The van der Waals surface area contributed by atoms with Gasteiger partial charge in [0.2, 0.25) is 0 Å². The minimum atomic E-state index is -0.129. The second kappa shape index (κ2) is 3.21. The van der Waals surface area contributed by atoms with Gasteiger partial charge in [0, 0.05) is 0 Å². The minimum absolute atomic E-state index is 0.0274. The molecule has 1 aliphatic rings. The summed E-state index contributed by atoms with van der Waals surface area (Å²) in [4.78, 5) is 4.08. The highest BCUT2D eigenvalue weighted by Gasteiger charge is 2.27. The first-order valence-electron chi connectivity index (χ1n) is 4.45.